The Morgan fingerprint density at radius 2 is 1.64 bits per heavy atom. The Labute approximate surface area is 258 Å². The maximum absolute atomic E-state index is 14.0. The molecule has 0 heterocycles. The van der Waals surface area contributed by atoms with Crippen LogP contribution in [0.4, 0.5) is 5.69 Å². The average molecular weight is 635 g/mol. The van der Waals surface area contributed by atoms with Gasteiger partial charge in [-0.05, 0) is 81.3 Å². The highest BCUT2D eigenvalue weighted by Crippen LogP contribution is 2.28. The summed E-state index contributed by atoms with van der Waals surface area (Å²) in [6, 6.07) is 16.9. The molecular formula is C31H37Cl2N3O5S. The third kappa shape index (κ3) is 8.63. The van der Waals surface area contributed by atoms with E-state index in [1.54, 1.807) is 61.5 Å². The van der Waals surface area contributed by atoms with Crippen LogP contribution < -0.4 is 14.4 Å². The number of sulfonamides is 1. The summed E-state index contributed by atoms with van der Waals surface area (Å²) in [5, 5.41) is 3.62. The molecular weight excluding hydrogens is 597 g/mol. The van der Waals surface area contributed by atoms with Crippen LogP contribution in [0.2, 0.25) is 10.0 Å². The number of aryl methyl sites for hydroxylation is 1. The molecule has 0 saturated heterocycles. The van der Waals surface area contributed by atoms with Crippen LogP contribution in [0, 0.1) is 6.92 Å². The molecule has 0 saturated carbocycles. The highest BCUT2D eigenvalue weighted by atomic mass is 35.5. The molecule has 11 heteroatoms. The number of hydrogen-bond donors (Lipinski definition) is 1. The predicted octanol–water partition coefficient (Wildman–Crippen LogP) is 6.23. The molecule has 1 N–H and O–H groups in total. The molecule has 0 aliphatic carbocycles. The van der Waals surface area contributed by atoms with Crippen molar-refractivity contribution in [3.8, 4) is 5.75 Å². The van der Waals surface area contributed by atoms with Crippen molar-refractivity contribution >= 4 is 50.7 Å². The van der Waals surface area contributed by atoms with Gasteiger partial charge in [-0.3, -0.25) is 13.9 Å². The lowest BCUT2D eigenvalue weighted by molar-refractivity contribution is -0.139. The number of carbonyl (C=O) groups excluding carboxylic acids is 2. The number of halogens is 2. The summed E-state index contributed by atoms with van der Waals surface area (Å²) < 4.78 is 34.5. The first-order valence-electron chi connectivity index (χ1n) is 13.8. The number of hydrogen-bond acceptors (Lipinski definition) is 5. The van der Waals surface area contributed by atoms with Crippen LogP contribution in [-0.4, -0.2) is 50.9 Å². The van der Waals surface area contributed by atoms with E-state index in [2.05, 4.69) is 5.32 Å². The first-order valence-corrected chi connectivity index (χ1v) is 16.0. The van der Waals surface area contributed by atoms with Gasteiger partial charge in [-0.25, -0.2) is 8.42 Å². The summed E-state index contributed by atoms with van der Waals surface area (Å²) >= 11 is 12.5. The van der Waals surface area contributed by atoms with Gasteiger partial charge < -0.3 is 15.0 Å². The fourth-order valence-electron chi connectivity index (χ4n) is 4.19. The van der Waals surface area contributed by atoms with Crippen LogP contribution in [0.1, 0.15) is 44.7 Å². The molecule has 1 atom stereocenters. The second-order valence-electron chi connectivity index (χ2n) is 9.83. The van der Waals surface area contributed by atoms with Gasteiger partial charge in [-0.2, -0.15) is 0 Å². The van der Waals surface area contributed by atoms with E-state index in [1.807, 2.05) is 20.8 Å². The Hall–Kier alpha value is -3.27. The van der Waals surface area contributed by atoms with Gasteiger partial charge in [0.25, 0.3) is 10.0 Å². The Balaban J connectivity index is 2.03. The number of nitrogens with one attached hydrogen (secondary N) is 1. The summed E-state index contributed by atoms with van der Waals surface area (Å²) in [6.07, 6.45) is 1.68. The molecule has 226 valence electrons. The van der Waals surface area contributed by atoms with E-state index >= 15 is 0 Å². The van der Waals surface area contributed by atoms with Gasteiger partial charge in [0.1, 0.15) is 18.3 Å². The molecule has 0 aromatic heterocycles. The van der Waals surface area contributed by atoms with Crippen molar-refractivity contribution in [2.24, 2.45) is 0 Å². The molecule has 2 amide bonds. The summed E-state index contributed by atoms with van der Waals surface area (Å²) in [4.78, 5) is 28.5. The average Bonchev–Trinajstić information content (AvgIpc) is 2.96. The molecule has 0 aliphatic rings. The highest BCUT2D eigenvalue weighted by Gasteiger charge is 2.32. The number of nitrogens with zero attached hydrogens (tertiary/aromatic N) is 2. The standard InChI is InChI=1S/C31H37Cl2N3O5S/c1-5-7-18-34-31(38)23(4)35(20-24-10-11-25(32)19-29(24)33)30(37)21-36(26-12-14-27(15-13-26)41-6-2)42(39,40)28-16-8-22(3)9-17-28/h8-17,19,23H,5-7,18,20-21H2,1-4H3,(H,34,38)/t23-/m0/s1. The van der Waals surface area contributed by atoms with E-state index in [0.29, 0.717) is 34.5 Å². The van der Waals surface area contributed by atoms with E-state index in [1.165, 1.54) is 17.0 Å². The normalized spacial score (nSPS) is 12.0. The van der Waals surface area contributed by atoms with E-state index in [0.717, 1.165) is 22.7 Å². The van der Waals surface area contributed by atoms with Crippen LogP contribution in [-0.2, 0) is 26.2 Å². The largest absolute Gasteiger partial charge is 0.494 e. The molecule has 0 spiro atoms. The van der Waals surface area contributed by atoms with Crippen LogP contribution in [0.15, 0.2) is 71.6 Å². The lowest BCUT2D eigenvalue weighted by atomic mass is 10.1. The van der Waals surface area contributed by atoms with E-state index in [9.17, 15) is 18.0 Å². The van der Waals surface area contributed by atoms with Gasteiger partial charge in [0.2, 0.25) is 11.8 Å². The number of rotatable bonds is 14. The van der Waals surface area contributed by atoms with E-state index in [-0.39, 0.29) is 23.0 Å². The number of carbonyl (C=O) groups is 2. The van der Waals surface area contributed by atoms with Crippen molar-refractivity contribution in [3.63, 3.8) is 0 Å². The van der Waals surface area contributed by atoms with Crippen LogP contribution in [0.3, 0.4) is 0 Å². The third-order valence-electron chi connectivity index (χ3n) is 6.68. The first-order chi connectivity index (χ1) is 20.0. The number of ether oxygens (including phenoxy) is 1. The third-order valence-corrected chi connectivity index (χ3v) is 9.05. The Bertz CT molecular complexity index is 1460. The summed E-state index contributed by atoms with van der Waals surface area (Å²) in [7, 11) is -4.17. The minimum absolute atomic E-state index is 0.0289. The monoisotopic (exact) mass is 633 g/mol. The zero-order valence-electron chi connectivity index (χ0n) is 24.3. The van der Waals surface area contributed by atoms with Crippen molar-refractivity contribution in [3.05, 3.63) is 87.9 Å². The maximum Gasteiger partial charge on any atom is 0.264 e. The fraction of sp³-hybridized carbons (Fsp3) is 0.355. The minimum Gasteiger partial charge on any atom is -0.494 e. The Kier molecular flexibility index (Phi) is 12.1. The summed E-state index contributed by atoms with van der Waals surface area (Å²) in [5.74, 6) is -0.365. The fourth-order valence-corrected chi connectivity index (χ4v) is 6.08. The van der Waals surface area contributed by atoms with Crippen molar-refractivity contribution in [2.45, 2.75) is 58.0 Å². The quantitative estimate of drug-likeness (QED) is 0.212. The van der Waals surface area contributed by atoms with Gasteiger partial charge in [0.05, 0.1) is 17.2 Å². The molecule has 3 aromatic carbocycles. The molecule has 3 rings (SSSR count). The second-order valence-corrected chi connectivity index (χ2v) is 12.5. The number of benzene rings is 3. The molecule has 0 radical (unpaired) electrons. The van der Waals surface area contributed by atoms with Crippen LogP contribution >= 0.6 is 23.2 Å². The topological polar surface area (TPSA) is 96.0 Å². The second kappa shape index (κ2) is 15.3. The van der Waals surface area contributed by atoms with Crippen LogP contribution in [0.25, 0.3) is 0 Å². The number of unbranched alkanes of at least 4 members (excludes halogenated alkanes) is 1. The molecule has 0 unspecified atom stereocenters. The highest BCUT2D eigenvalue weighted by molar-refractivity contribution is 7.92. The SMILES string of the molecule is CCCCNC(=O)[C@H](C)N(Cc1ccc(Cl)cc1Cl)C(=O)CN(c1ccc(OCC)cc1)S(=O)(=O)c1ccc(C)cc1. The zero-order valence-corrected chi connectivity index (χ0v) is 26.6. The Morgan fingerprint density at radius 1 is 0.976 bits per heavy atom. The smallest absolute Gasteiger partial charge is 0.264 e. The van der Waals surface area contributed by atoms with Crippen molar-refractivity contribution in [1.82, 2.24) is 10.2 Å². The zero-order chi connectivity index (χ0) is 30.9. The van der Waals surface area contributed by atoms with Gasteiger partial charge >= 0.3 is 0 Å². The predicted molar refractivity (Wildman–Crippen MR) is 168 cm³/mol. The lowest BCUT2D eigenvalue weighted by Gasteiger charge is -2.32. The van der Waals surface area contributed by atoms with Crippen LogP contribution in [0.5, 0.6) is 5.75 Å². The summed E-state index contributed by atoms with van der Waals surface area (Å²) in [5.41, 5.74) is 1.74. The van der Waals surface area contributed by atoms with Crippen molar-refractivity contribution < 1.29 is 22.7 Å². The number of amides is 2. The van der Waals surface area contributed by atoms with Gasteiger partial charge in [-0.15, -0.1) is 0 Å². The molecule has 0 fully saturated rings. The lowest BCUT2D eigenvalue weighted by Crippen LogP contribution is -2.51. The molecule has 3 aromatic rings. The molecule has 0 bridgehead atoms. The van der Waals surface area contributed by atoms with Gasteiger partial charge in [-0.1, -0.05) is 60.3 Å². The van der Waals surface area contributed by atoms with E-state index < -0.39 is 28.5 Å². The van der Waals surface area contributed by atoms with Crippen molar-refractivity contribution in [1.29, 1.82) is 0 Å². The minimum atomic E-state index is -4.17. The van der Waals surface area contributed by atoms with Gasteiger partial charge in [0, 0.05) is 23.1 Å². The van der Waals surface area contributed by atoms with Gasteiger partial charge in [0.15, 0.2) is 0 Å². The molecule has 42 heavy (non-hydrogen) atoms. The van der Waals surface area contributed by atoms with Crippen molar-refractivity contribution in [2.75, 3.05) is 24.0 Å². The first kappa shape index (κ1) is 33.2. The summed E-state index contributed by atoms with van der Waals surface area (Å²) in [6.45, 7) is 7.66. The maximum atomic E-state index is 14.0. The van der Waals surface area contributed by atoms with E-state index in [4.69, 9.17) is 27.9 Å². The molecule has 0 aliphatic heterocycles. The molecule has 8 nitrogen and oxygen atoms in total. The number of anilines is 1. The Morgan fingerprint density at radius 3 is 2.24 bits per heavy atom.